The molecule has 6 heteroatoms. The maximum atomic E-state index is 12.4. The third-order valence-electron chi connectivity index (χ3n) is 3.88. The monoisotopic (exact) mass is 309 g/mol. The molecular formula is C17H15N3O3. The minimum absolute atomic E-state index is 0.0788. The third-order valence-corrected chi connectivity index (χ3v) is 3.88. The molecule has 23 heavy (non-hydrogen) atoms. The number of amides is 2. The Morgan fingerprint density at radius 3 is 1.96 bits per heavy atom. The predicted molar refractivity (Wildman–Crippen MR) is 81.7 cm³/mol. The van der Waals surface area contributed by atoms with E-state index >= 15 is 0 Å². The minimum Gasteiger partial charge on any atom is -0.472 e. The molecular weight excluding hydrogens is 294 g/mol. The van der Waals surface area contributed by atoms with Crippen molar-refractivity contribution in [2.75, 3.05) is 26.2 Å². The van der Waals surface area contributed by atoms with Gasteiger partial charge in [-0.3, -0.25) is 9.59 Å². The molecule has 0 spiro atoms. The Balaban J connectivity index is 1.61. The van der Waals surface area contributed by atoms with Crippen molar-refractivity contribution in [1.82, 2.24) is 9.80 Å². The zero-order chi connectivity index (χ0) is 16.2. The second-order valence-corrected chi connectivity index (χ2v) is 5.29. The highest BCUT2D eigenvalue weighted by Crippen LogP contribution is 2.12. The van der Waals surface area contributed by atoms with Gasteiger partial charge in [-0.15, -0.1) is 0 Å². The summed E-state index contributed by atoms with van der Waals surface area (Å²) in [5.41, 5.74) is 1.60. The number of nitrogens with zero attached hydrogens (tertiary/aromatic N) is 3. The summed E-state index contributed by atoms with van der Waals surface area (Å²) < 4.78 is 4.93. The van der Waals surface area contributed by atoms with Crippen molar-refractivity contribution >= 4 is 11.8 Å². The van der Waals surface area contributed by atoms with E-state index < -0.39 is 0 Å². The van der Waals surface area contributed by atoms with Crippen LogP contribution in [0.5, 0.6) is 0 Å². The van der Waals surface area contributed by atoms with E-state index in [1.165, 1.54) is 12.5 Å². The Morgan fingerprint density at radius 2 is 1.48 bits per heavy atom. The van der Waals surface area contributed by atoms with E-state index in [4.69, 9.17) is 9.68 Å². The quantitative estimate of drug-likeness (QED) is 0.846. The van der Waals surface area contributed by atoms with Gasteiger partial charge in [0.1, 0.15) is 6.26 Å². The molecule has 0 N–H and O–H groups in total. The second kappa shape index (κ2) is 6.36. The lowest BCUT2D eigenvalue weighted by atomic mass is 10.1. The number of piperazine rings is 1. The zero-order valence-electron chi connectivity index (χ0n) is 12.4. The molecule has 1 fully saturated rings. The molecule has 0 unspecified atom stereocenters. The first-order chi connectivity index (χ1) is 11.2. The SMILES string of the molecule is N#Cc1ccc(C(=O)N2CCN(C(=O)c3ccoc3)CC2)cc1. The van der Waals surface area contributed by atoms with E-state index in [2.05, 4.69) is 0 Å². The van der Waals surface area contributed by atoms with E-state index in [1.54, 1.807) is 40.1 Å². The third kappa shape index (κ3) is 3.09. The first kappa shape index (κ1) is 14.9. The summed E-state index contributed by atoms with van der Waals surface area (Å²) in [4.78, 5) is 28.1. The molecule has 2 amide bonds. The normalized spacial score (nSPS) is 14.4. The van der Waals surface area contributed by atoms with Gasteiger partial charge in [0.25, 0.3) is 11.8 Å². The number of rotatable bonds is 2. The van der Waals surface area contributed by atoms with Gasteiger partial charge in [0.05, 0.1) is 23.5 Å². The van der Waals surface area contributed by atoms with Gasteiger partial charge in [0.2, 0.25) is 0 Å². The van der Waals surface area contributed by atoms with Crippen LogP contribution in [0.2, 0.25) is 0 Å². The van der Waals surface area contributed by atoms with Gasteiger partial charge < -0.3 is 14.2 Å². The Kier molecular flexibility index (Phi) is 4.11. The molecule has 0 bridgehead atoms. The lowest BCUT2D eigenvalue weighted by Crippen LogP contribution is -2.50. The van der Waals surface area contributed by atoms with Crippen LogP contribution < -0.4 is 0 Å². The van der Waals surface area contributed by atoms with Crippen LogP contribution in [-0.4, -0.2) is 47.8 Å². The molecule has 0 atom stereocenters. The van der Waals surface area contributed by atoms with E-state index in [0.29, 0.717) is 42.9 Å². The Morgan fingerprint density at radius 1 is 0.913 bits per heavy atom. The molecule has 2 heterocycles. The Bertz CT molecular complexity index is 736. The smallest absolute Gasteiger partial charge is 0.257 e. The van der Waals surface area contributed by atoms with Gasteiger partial charge in [0, 0.05) is 31.7 Å². The molecule has 116 valence electrons. The average molecular weight is 309 g/mol. The van der Waals surface area contributed by atoms with Crippen LogP contribution in [-0.2, 0) is 0 Å². The first-order valence-electron chi connectivity index (χ1n) is 7.30. The van der Waals surface area contributed by atoms with Crippen LogP contribution in [0.3, 0.4) is 0 Å². The highest BCUT2D eigenvalue weighted by atomic mass is 16.3. The van der Waals surface area contributed by atoms with Crippen molar-refractivity contribution in [3.63, 3.8) is 0 Å². The number of benzene rings is 1. The first-order valence-corrected chi connectivity index (χ1v) is 7.30. The zero-order valence-corrected chi connectivity index (χ0v) is 12.4. The standard InChI is InChI=1S/C17H15N3O3/c18-11-13-1-3-14(4-2-13)16(21)19-6-8-20(9-7-19)17(22)15-5-10-23-12-15/h1-5,10,12H,6-9H2. The molecule has 1 saturated heterocycles. The van der Waals surface area contributed by atoms with Crippen LogP contribution in [0.1, 0.15) is 26.3 Å². The van der Waals surface area contributed by atoms with Crippen LogP contribution in [0, 0.1) is 11.3 Å². The molecule has 1 aromatic carbocycles. The number of carbonyl (C=O) groups excluding carboxylic acids is 2. The Hall–Kier alpha value is -3.07. The van der Waals surface area contributed by atoms with Gasteiger partial charge in [-0.05, 0) is 30.3 Å². The number of furan rings is 1. The van der Waals surface area contributed by atoms with Crippen LogP contribution in [0.4, 0.5) is 0 Å². The van der Waals surface area contributed by atoms with E-state index in [0.717, 1.165) is 0 Å². The van der Waals surface area contributed by atoms with Crippen molar-refractivity contribution in [2.24, 2.45) is 0 Å². The summed E-state index contributed by atoms with van der Waals surface area (Å²) in [5.74, 6) is -0.158. The summed E-state index contributed by atoms with van der Waals surface area (Å²) in [5, 5.41) is 8.79. The Labute approximate surface area is 133 Å². The summed E-state index contributed by atoms with van der Waals surface area (Å²) in [6, 6.07) is 10.2. The van der Waals surface area contributed by atoms with Gasteiger partial charge in [-0.2, -0.15) is 5.26 Å². The molecule has 0 radical (unpaired) electrons. The summed E-state index contributed by atoms with van der Waals surface area (Å²) >= 11 is 0. The lowest BCUT2D eigenvalue weighted by Gasteiger charge is -2.34. The van der Waals surface area contributed by atoms with E-state index in [9.17, 15) is 9.59 Å². The average Bonchev–Trinajstić information content (AvgIpc) is 3.15. The van der Waals surface area contributed by atoms with Crippen molar-refractivity contribution in [2.45, 2.75) is 0 Å². The van der Waals surface area contributed by atoms with Gasteiger partial charge in [-0.25, -0.2) is 0 Å². The summed E-state index contributed by atoms with van der Waals surface area (Å²) in [7, 11) is 0. The topological polar surface area (TPSA) is 77.5 Å². The van der Waals surface area contributed by atoms with E-state index in [1.807, 2.05) is 6.07 Å². The molecule has 1 aliphatic heterocycles. The summed E-state index contributed by atoms with van der Waals surface area (Å²) in [6.07, 6.45) is 2.90. The molecule has 1 aromatic heterocycles. The van der Waals surface area contributed by atoms with Crippen LogP contribution >= 0.6 is 0 Å². The highest BCUT2D eigenvalue weighted by Gasteiger charge is 2.25. The second-order valence-electron chi connectivity index (χ2n) is 5.29. The predicted octanol–water partition coefficient (Wildman–Crippen LogP) is 1.75. The molecule has 2 aromatic rings. The lowest BCUT2D eigenvalue weighted by molar-refractivity contribution is 0.0535. The molecule has 0 saturated carbocycles. The molecule has 1 aliphatic rings. The van der Waals surface area contributed by atoms with Crippen molar-refractivity contribution in [1.29, 1.82) is 5.26 Å². The van der Waals surface area contributed by atoms with Crippen LogP contribution in [0.15, 0.2) is 47.3 Å². The number of nitriles is 1. The molecule has 3 rings (SSSR count). The fraction of sp³-hybridized carbons (Fsp3) is 0.235. The number of hydrogen-bond donors (Lipinski definition) is 0. The van der Waals surface area contributed by atoms with Crippen molar-refractivity contribution < 1.29 is 14.0 Å². The fourth-order valence-corrected chi connectivity index (χ4v) is 2.55. The maximum absolute atomic E-state index is 12.4. The van der Waals surface area contributed by atoms with Crippen LogP contribution in [0.25, 0.3) is 0 Å². The number of hydrogen-bond acceptors (Lipinski definition) is 4. The molecule has 0 aliphatic carbocycles. The van der Waals surface area contributed by atoms with Gasteiger partial charge >= 0.3 is 0 Å². The van der Waals surface area contributed by atoms with Crippen molar-refractivity contribution in [3.05, 3.63) is 59.5 Å². The van der Waals surface area contributed by atoms with Crippen molar-refractivity contribution in [3.8, 4) is 6.07 Å². The van der Waals surface area contributed by atoms with Gasteiger partial charge in [-0.1, -0.05) is 0 Å². The summed E-state index contributed by atoms with van der Waals surface area (Å²) in [6.45, 7) is 1.96. The van der Waals surface area contributed by atoms with E-state index in [-0.39, 0.29) is 11.8 Å². The maximum Gasteiger partial charge on any atom is 0.257 e. The highest BCUT2D eigenvalue weighted by molar-refractivity contribution is 5.95. The van der Waals surface area contributed by atoms with Gasteiger partial charge in [0.15, 0.2) is 0 Å². The largest absolute Gasteiger partial charge is 0.472 e. The minimum atomic E-state index is -0.0794. The fourth-order valence-electron chi connectivity index (χ4n) is 2.55. The molecule has 6 nitrogen and oxygen atoms in total. The number of carbonyl (C=O) groups is 2.